The monoisotopic (exact) mass is 350 g/mol. The van der Waals surface area contributed by atoms with E-state index >= 15 is 0 Å². The molecule has 0 aromatic carbocycles. The van der Waals surface area contributed by atoms with Gasteiger partial charge in [0.05, 0.1) is 6.26 Å². The summed E-state index contributed by atoms with van der Waals surface area (Å²) >= 11 is 0. The molecule has 0 bridgehead atoms. The van der Waals surface area contributed by atoms with Crippen molar-refractivity contribution in [3.05, 3.63) is 24.2 Å². The zero-order valence-electron chi connectivity index (χ0n) is 15.3. The summed E-state index contributed by atoms with van der Waals surface area (Å²) in [5.41, 5.74) is 0. The van der Waals surface area contributed by atoms with Crippen molar-refractivity contribution in [2.24, 2.45) is 10.9 Å². The molecule has 1 heterocycles. The van der Waals surface area contributed by atoms with E-state index in [-0.39, 0.29) is 12.5 Å². The second-order valence-electron chi connectivity index (χ2n) is 6.51. The average molecular weight is 350 g/mol. The van der Waals surface area contributed by atoms with Gasteiger partial charge in [-0.05, 0) is 37.3 Å². The number of nitrogens with one attached hydrogen (secondary N) is 2. The third kappa shape index (κ3) is 8.58. The molecule has 0 unspecified atom stereocenters. The highest BCUT2D eigenvalue weighted by Crippen LogP contribution is 2.28. The van der Waals surface area contributed by atoms with E-state index in [1.54, 1.807) is 20.4 Å². The van der Waals surface area contributed by atoms with Gasteiger partial charge in [-0.25, -0.2) is 4.99 Å². The summed E-state index contributed by atoms with van der Waals surface area (Å²) in [6.07, 6.45) is 5.97. The van der Waals surface area contributed by atoms with Gasteiger partial charge in [0.25, 0.3) is 0 Å². The van der Waals surface area contributed by atoms with Gasteiger partial charge in [-0.3, -0.25) is 4.79 Å². The van der Waals surface area contributed by atoms with Crippen LogP contribution in [0.3, 0.4) is 0 Å². The number of guanidine groups is 1. The van der Waals surface area contributed by atoms with Crippen molar-refractivity contribution in [1.29, 1.82) is 0 Å². The first-order chi connectivity index (χ1) is 12.1. The molecule has 1 amide bonds. The van der Waals surface area contributed by atoms with E-state index in [1.165, 1.54) is 17.7 Å². The molecule has 0 radical (unpaired) electrons. The first-order valence-corrected chi connectivity index (χ1v) is 8.97. The Morgan fingerprint density at radius 2 is 2.16 bits per heavy atom. The van der Waals surface area contributed by atoms with Crippen molar-refractivity contribution in [1.82, 2.24) is 15.5 Å². The fraction of sp³-hybridized carbons (Fsp3) is 0.667. The molecule has 0 aliphatic heterocycles. The third-order valence-corrected chi connectivity index (χ3v) is 3.92. The second kappa shape index (κ2) is 10.8. The molecular formula is C18H30N4O3. The average Bonchev–Trinajstić information content (AvgIpc) is 3.28. The van der Waals surface area contributed by atoms with E-state index in [4.69, 9.17) is 9.15 Å². The lowest BCUT2D eigenvalue weighted by molar-refractivity contribution is -0.127. The molecule has 1 aromatic rings. The van der Waals surface area contributed by atoms with Gasteiger partial charge in [0, 0.05) is 46.8 Å². The molecule has 0 spiro atoms. The molecule has 140 valence electrons. The van der Waals surface area contributed by atoms with E-state index in [9.17, 15) is 4.79 Å². The van der Waals surface area contributed by atoms with Gasteiger partial charge in [-0.1, -0.05) is 0 Å². The predicted octanol–water partition coefficient (Wildman–Crippen LogP) is 1.26. The minimum atomic E-state index is -0.0279. The van der Waals surface area contributed by atoms with Crippen LogP contribution in [0, 0.1) is 5.92 Å². The Morgan fingerprint density at radius 1 is 1.36 bits per heavy atom. The Hall–Kier alpha value is -2.02. The maximum Gasteiger partial charge on any atom is 0.243 e. The first-order valence-electron chi connectivity index (χ1n) is 8.97. The highest BCUT2D eigenvalue weighted by atomic mass is 16.5. The highest BCUT2D eigenvalue weighted by molar-refractivity contribution is 5.84. The maximum absolute atomic E-state index is 11.7. The summed E-state index contributed by atoms with van der Waals surface area (Å²) < 4.78 is 10.9. The van der Waals surface area contributed by atoms with Gasteiger partial charge < -0.3 is 24.7 Å². The van der Waals surface area contributed by atoms with Crippen molar-refractivity contribution >= 4 is 11.9 Å². The van der Waals surface area contributed by atoms with Crippen molar-refractivity contribution in [2.45, 2.75) is 25.7 Å². The van der Waals surface area contributed by atoms with Gasteiger partial charge >= 0.3 is 0 Å². The van der Waals surface area contributed by atoms with Crippen molar-refractivity contribution in [3.63, 3.8) is 0 Å². The first kappa shape index (κ1) is 19.3. The molecule has 2 N–H and O–H groups in total. The fourth-order valence-electron chi connectivity index (χ4n) is 2.14. The number of aliphatic imine (C=N–C) groups is 1. The Bertz CT molecular complexity index is 524. The van der Waals surface area contributed by atoms with Crippen LogP contribution in [0.2, 0.25) is 0 Å². The molecule has 25 heavy (non-hydrogen) atoms. The molecule has 1 aromatic heterocycles. The third-order valence-electron chi connectivity index (χ3n) is 3.92. The Morgan fingerprint density at radius 3 is 2.84 bits per heavy atom. The topological polar surface area (TPSA) is 79.1 Å². The quantitative estimate of drug-likeness (QED) is 0.357. The van der Waals surface area contributed by atoms with E-state index in [0.29, 0.717) is 12.5 Å². The molecule has 1 fully saturated rings. The van der Waals surface area contributed by atoms with E-state index in [0.717, 1.165) is 44.3 Å². The summed E-state index contributed by atoms with van der Waals surface area (Å²) in [5.74, 6) is 2.33. The standard InChI is InChI=1S/C18H30N4O3/c1-22(2)17(23)13-21-18(20-10-8-16-5-3-12-25-16)19-9-4-11-24-14-15-6-7-15/h3,5,12,15H,4,6-11,13-14H2,1-2H3,(H2,19,20,21). The van der Waals surface area contributed by atoms with Gasteiger partial charge in [0.15, 0.2) is 5.96 Å². The Kier molecular flexibility index (Phi) is 8.31. The number of hydrogen-bond donors (Lipinski definition) is 2. The lowest BCUT2D eigenvalue weighted by Gasteiger charge is -2.13. The lowest BCUT2D eigenvalue weighted by atomic mass is 10.3. The van der Waals surface area contributed by atoms with Crippen molar-refractivity contribution < 1.29 is 13.9 Å². The van der Waals surface area contributed by atoms with Crippen LogP contribution in [0.1, 0.15) is 25.0 Å². The van der Waals surface area contributed by atoms with Gasteiger partial charge in [0.2, 0.25) is 5.91 Å². The number of furan rings is 1. The van der Waals surface area contributed by atoms with Crippen LogP contribution in [-0.2, 0) is 16.0 Å². The summed E-state index contributed by atoms with van der Waals surface area (Å²) in [5, 5.41) is 6.49. The number of carbonyl (C=O) groups is 1. The number of likely N-dealkylation sites (N-methyl/N-ethyl adjacent to an activating group) is 1. The number of rotatable bonds is 11. The van der Waals surface area contributed by atoms with Crippen molar-refractivity contribution in [2.75, 3.05) is 46.9 Å². The molecule has 1 saturated carbocycles. The highest BCUT2D eigenvalue weighted by Gasteiger charge is 2.20. The molecule has 1 aliphatic rings. The SMILES string of the molecule is CN(C)C(=O)CN=C(NCCCOCC1CC1)NCCc1ccco1. The van der Waals surface area contributed by atoms with Crippen molar-refractivity contribution in [3.8, 4) is 0 Å². The zero-order valence-corrected chi connectivity index (χ0v) is 15.3. The van der Waals surface area contributed by atoms with Crippen LogP contribution in [-0.4, -0.2) is 63.7 Å². The second-order valence-corrected chi connectivity index (χ2v) is 6.51. The van der Waals surface area contributed by atoms with Crippen LogP contribution >= 0.6 is 0 Å². The van der Waals surface area contributed by atoms with Crippen LogP contribution < -0.4 is 10.6 Å². The maximum atomic E-state index is 11.7. The van der Waals surface area contributed by atoms with Crippen LogP contribution in [0.15, 0.2) is 27.8 Å². The largest absolute Gasteiger partial charge is 0.469 e. The fourth-order valence-corrected chi connectivity index (χ4v) is 2.14. The molecular weight excluding hydrogens is 320 g/mol. The van der Waals surface area contributed by atoms with Gasteiger partial charge in [-0.15, -0.1) is 0 Å². The molecule has 2 rings (SSSR count). The van der Waals surface area contributed by atoms with Crippen LogP contribution in [0.25, 0.3) is 0 Å². The van der Waals surface area contributed by atoms with Gasteiger partial charge in [0.1, 0.15) is 12.3 Å². The van der Waals surface area contributed by atoms with E-state index < -0.39 is 0 Å². The summed E-state index contributed by atoms with van der Waals surface area (Å²) in [6.45, 7) is 3.21. The number of amides is 1. The molecule has 1 aliphatic carbocycles. The number of carbonyl (C=O) groups excluding carboxylic acids is 1. The van der Waals surface area contributed by atoms with Crippen LogP contribution in [0.5, 0.6) is 0 Å². The minimum Gasteiger partial charge on any atom is -0.469 e. The number of hydrogen-bond acceptors (Lipinski definition) is 4. The number of ether oxygens (including phenoxy) is 1. The smallest absolute Gasteiger partial charge is 0.243 e. The summed E-state index contributed by atoms with van der Waals surface area (Å²) in [4.78, 5) is 17.6. The van der Waals surface area contributed by atoms with E-state index in [1.807, 2.05) is 12.1 Å². The van der Waals surface area contributed by atoms with Gasteiger partial charge in [-0.2, -0.15) is 0 Å². The Balaban J connectivity index is 1.67. The predicted molar refractivity (Wildman–Crippen MR) is 97.6 cm³/mol. The minimum absolute atomic E-state index is 0.0279. The lowest BCUT2D eigenvalue weighted by Crippen LogP contribution is -2.40. The molecule has 0 saturated heterocycles. The summed E-state index contributed by atoms with van der Waals surface area (Å²) in [6, 6.07) is 3.82. The molecule has 0 atom stereocenters. The number of nitrogens with zero attached hydrogens (tertiary/aromatic N) is 2. The molecule has 7 heteroatoms. The summed E-state index contributed by atoms with van der Waals surface area (Å²) in [7, 11) is 3.46. The Labute approximate surface area is 149 Å². The van der Waals surface area contributed by atoms with Crippen LogP contribution in [0.4, 0.5) is 0 Å². The zero-order chi connectivity index (χ0) is 17.9. The normalized spacial score (nSPS) is 14.4. The molecule has 7 nitrogen and oxygen atoms in total. The van der Waals surface area contributed by atoms with E-state index in [2.05, 4.69) is 15.6 Å².